The normalized spacial score (nSPS) is 23.6. The van der Waals surface area contributed by atoms with E-state index in [2.05, 4.69) is 10.3 Å². The molecule has 0 bridgehead atoms. The van der Waals surface area contributed by atoms with Crippen LogP contribution in [0.25, 0.3) is 10.9 Å². The van der Waals surface area contributed by atoms with E-state index in [-0.39, 0.29) is 23.7 Å². The maximum atomic E-state index is 13.3. The second-order valence-electron chi connectivity index (χ2n) is 7.06. The van der Waals surface area contributed by atoms with E-state index in [1.165, 1.54) is 4.57 Å². The second-order valence-corrected chi connectivity index (χ2v) is 7.06. The number of hydrogen-bond donors (Lipinski definition) is 2. The third-order valence-corrected chi connectivity index (χ3v) is 5.53. The van der Waals surface area contributed by atoms with Gasteiger partial charge in [0, 0.05) is 12.1 Å². The van der Waals surface area contributed by atoms with Crippen molar-refractivity contribution in [2.75, 3.05) is 5.73 Å². The number of carbonyl (C=O) groups excluding carboxylic acids is 2. The van der Waals surface area contributed by atoms with Crippen molar-refractivity contribution in [3.05, 3.63) is 22.2 Å². The summed E-state index contributed by atoms with van der Waals surface area (Å²) in [7, 11) is 7.22. The highest BCUT2D eigenvalue weighted by molar-refractivity contribution is 6.52. The smallest absolute Gasteiger partial charge is 0.263 e. The number of anilines is 1. The van der Waals surface area contributed by atoms with Crippen LogP contribution in [0, 0.1) is 6.92 Å². The van der Waals surface area contributed by atoms with E-state index in [1.807, 2.05) is 21.8 Å². The van der Waals surface area contributed by atoms with Gasteiger partial charge in [0.1, 0.15) is 37.2 Å². The van der Waals surface area contributed by atoms with Crippen LogP contribution in [0.2, 0.25) is 5.82 Å². The molecule has 11 heteroatoms. The van der Waals surface area contributed by atoms with E-state index in [0.717, 1.165) is 10.9 Å². The largest absolute Gasteiger partial charge is 0.398 e. The van der Waals surface area contributed by atoms with Crippen molar-refractivity contribution in [2.24, 2.45) is 0 Å². The summed E-state index contributed by atoms with van der Waals surface area (Å²) in [6.45, 7) is 1.69. The van der Waals surface area contributed by atoms with Gasteiger partial charge in [-0.2, -0.15) is 0 Å². The number of nitrogen functional groups attached to an aromatic ring is 1. The van der Waals surface area contributed by atoms with Crippen LogP contribution in [0.3, 0.4) is 0 Å². The summed E-state index contributed by atoms with van der Waals surface area (Å²) in [4.78, 5) is 42.1. The summed E-state index contributed by atoms with van der Waals surface area (Å²) in [5, 5.41) is 2.65. The van der Waals surface area contributed by atoms with Crippen LogP contribution in [-0.2, 0) is 15.0 Å². The molecule has 3 rings (SSSR count). The van der Waals surface area contributed by atoms with Gasteiger partial charge in [-0.3, -0.25) is 24.3 Å². The van der Waals surface area contributed by atoms with Gasteiger partial charge in [0.25, 0.3) is 5.56 Å². The third kappa shape index (κ3) is 2.33. The third-order valence-electron chi connectivity index (χ3n) is 5.53. The number of nitrogens with one attached hydrogen (secondary N) is 1. The zero-order valence-corrected chi connectivity index (χ0v) is 15.1. The number of aryl methyl sites for hydroxylation is 1. The number of amides is 2. The lowest BCUT2D eigenvalue weighted by molar-refractivity contribution is -0.137. The lowest BCUT2D eigenvalue weighted by Crippen LogP contribution is -2.61. The minimum Gasteiger partial charge on any atom is -0.398 e. The van der Waals surface area contributed by atoms with Crippen molar-refractivity contribution in [3.63, 3.8) is 0 Å². The van der Waals surface area contributed by atoms with Gasteiger partial charge in [0.15, 0.2) is 0 Å². The lowest BCUT2D eigenvalue weighted by Gasteiger charge is -2.40. The molecule has 0 radical (unpaired) electrons. The van der Waals surface area contributed by atoms with Crippen LogP contribution in [0.4, 0.5) is 5.69 Å². The first-order valence-electron chi connectivity index (χ1n) is 8.22. The molecule has 1 fully saturated rings. The van der Waals surface area contributed by atoms with Crippen LogP contribution in [0.1, 0.15) is 12.2 Å². The molecule has 0 saturated carbocycles. The average Bonchev–Trinajstić information content (AvgIpc) is 2.50. The van der Waals surface area contributed by atoms with E-state index in [0.29, 0.717) is 22.4 Å². The Kier molecular flexibility index (Phi) is 3.85. The molecule has 2 heterocycles. The van der Waals surface area contributed by atoms with Crippen molar-refractivity contribution in [1.29, 1.82) is 0 Å². The molecule has 0 spiro atoms. The first-order valence-corrected chi connectivity index (χ1v) is 8.22. The first kappa shape index (κ1) is 17.4. The predicted octanol–water partition coefficient (Wildman–Crippen LogP) is -5.44. The van der Waals surface area contributed by atoms with Crippen LogP contribution < -0.4 is 27.5 Å². The van der Waals surface area contributed by atoms with Gasteiger partial charge < -0.3 is 5.73 Å². The maximum Gasteiger partial charge on any atom is 0.263 e. The molecule has 1 saturated heterocycles. The quantitative estimate of drug-likeness (QED) is 0.308. The molecule has 1 aliphatic rings. The Balaban J connectivity index is 2.40. The molecule has 1 aromatic carbocycles. The molecular formula is C14H18B4N4O3. The maximum absolute atomic E-state index is 13.3. The minimum atomic E-state index is -1.21. The number of benzene rings is 1. The van der Waals surface area contributed by atoms with E-state index in [1.54, 1.807) is 22.6 Å². The van der Waals surface area contributed by atoms with Crippen molar-refractivity contribution < 1.29 is 9.59 Å². The number of imide groups is 1. The number of fused-ring (bicyclic) bond motifs is 1. The van der Waals surface area contributed by atoms with E-state index < -0.39 is 11.3 Å². The highest BCUT2D eigenvalue weighted by atomic mass is 16.2. The molecular weight excluding hydrogens is 315 g/mol. The molecule has 2 unspecified atom stereocenters. The van der Waals surface area contributed by atoms with Crippen molar-refractivity contribution in [2.45, 2.75) is 24.6 Å². The SMILES string of the molecule is Bc1cc2nc(C)n(C3(B)C(=O)NC(=O)CC3B)c(=O)c2c(N)c1B. The number of piperidine rings is 1. The molecule has 2 amide bonds. The zero-order valence-electron chi connectivity index (χ0n) is 15.1. The Bertz CT molecular complexity index is 1010. The number of nitrogens with zero attached hydrogens (tertiary/aromatic N) is 2. The standard InChI is InChI=1S/C14H18B4N4O3/c1-4-20-6-2-5(15)10(17)11(19)9(6)12(24)22(4)14(18)7(16)3-8(23)21-13(14)25/h2,7H,3,15-19H2,1H3,(H,21,23,25). The molecule has 2 aromatic rings. The lowest BCUT2D eigenvalue weighted by atomic mass is 9.56. The van der Waals surface area contributed by atoms with Crippen LogP contribution in [0.5, 0.6) is 0 Å². The summed E-state index contributed by atoms with van der Waals surface area (Å²) in [6.07, 6.45) is 0.161. The number of carbonyl (C=O) groups is 2. The Morgan fingerprint density at radius 1 is 1.36 bits per heavy atom. The summed E-state index contributed by atoms with van der Waals surface area (Å²) < 4.78 is 1.38. The van der Waals surface area contributed by atoms with E-state index >= 15 is 0 Å². The molecule has 7 nitrogen and oxygen atoms in total. The predicted molar refractivity (Wildman–Crippen MR) is 108 cm³/mol. The van der Waals surface area contributed by atoms with Crippen LogP contribution >= 0.6 is 0 Å². The molecule has 0 aliphatic carbocycles. The monoisotopic (exact) mass is 334 g/mol. The van der Waals surface area contributed by atoms with Gasteiger partial charge in [-0.25, -0.2) is 4.98 Å². The fraction of sp³-hybridized carbons (Fsp3) is 0.286. The highest BCUT2D eigenvalue weighted by Crippen LogP contribution is 2.32. The Hall–Kier alpha value is -2.44. The average molecular weight is 334 g/mol. The van der Waals surface area contributed by atoms with Gasteiger partial charge in [0.05, 0.1) is 16.3 Å². The number of nitrogens with two attached hydrogens (primary N) is 1. The Labute approximate surface area is 148 Å². The summed E-state index contributed by atoms with van der Waals surface area (Å²) in [5.74, 6) is -0.762. The molecule has 1 aliphatic heterocycles. The molecule has 1 aromatic heterocycles. The second kappa shape index (κ2) is 5.54. The summed E-state index contributed by atoms with van der Waals surface area (Å²) in [5.41, 5.74) is 7.30. The van der Waals surface area contributed by atoms with Gasteiger partial charge in [-0.1, -0.05) is 10.9 Å². The minimum absolute atomic E-state index is 0.161. The topological polar surface area (TPSA) is 107 Å². The van der Waals surface area contributed by atoms with Crippen molar-refractivity contribution in [1.82, 2.24) is 14.9 Å². The number of hydrogen-bond acceptors (Lipinski definition) is 5. The van der Waals surface area contributed by atoms with Crippen molar-refractivity contribution in [3.8, 4) is 0 Å². The van der Waals surface area contributed by atoms with Gasteiger partial charge in [-0.05, 0) is 18.8 Å². The molecule has 3 N–H and O–H groups in total. The fourth-order valence-corrected chi connectivity index (χ4v) is 3.59. The van der Waals surface area contributed by atoms with Gasteiger partial charge >= 0.3 is 0 Å². The Morgan fingerprint density at radius 2 is 2.00 bits per heavy atom. The highest BCUT2D eigenvalue weighted by Gasteiger charge is 2.47. The molecule has 2 atom stereocenters. The molecule has 25 heavy (non-hydrogen) atoms. The van der Waals surface area contributed by atoms with Gasteiger partial charge in [-0.15, -0.1) is 0 Å². The van der Waals surface area contributed by atoms with Gasteiger partial charge in [0.2, 0.25) is 11.8 Å². The van der Waals surface area contributed by atoms with E-state index in [9.17, 15) is 14.4 Å². The van der Waals surface area contributed by atoms with Crippen LogP contribution in [0.15, 0.2) is 10.9 Å². The summed E-state index contributed by atoms with van der Waals surface area (Å²) in [6, 6.07) is 1.83. The van der Waals surface area contributed by atoms with Crippen LogP contribution in [-0.4, -0.2) is 52.8 Å². The fourth-order valence-electron chi connectivity index (χ4n) is 3.59. The summed E-state index contributed by atoms with van der Waals surface area (Å²) >= 11 is 0. The zero-order chi connectivity index (χ0) is 18.7. The number of rotatable bonds is 1. The first-order chi connectivity index (χ1) is 11.6. The van der Waals surface area contributed by atoms with E-state index in [4.69, 9.17) is 5.73 Å². The van der Waals surface area contributed by atoms with Crippen molar-refractivity contribution >= 4 is 70.7 Å². The molecule has 124 valence electrons. The Morgan fingerprint density at radius 3 is 2.60 bits per heavy atom. The number of aromatic nitrogens is 2.